The van der Waals surface area contributed by atoms with Crippen molar-refractivity contribution in [2.45, 2.75) is 6.92 Å². The smallest absolute Gasteiger partial charge is 0.337 e. The summed E-state index contributed by atoms with van der Waals surface area (Å²) in [5, 5.41) is 1.89. The molecule has 0 atom stereocenters. The van der Waals surface area contributed by atoms with Crippen LogP contribution in [0.1, 0.15) is 15.9 Å². The van der Waals surface area contributed by atoms with Gasteiger partial charge in [0.15, 0.2) is 0 Å². The third-order valence-corrected chi connectivity index (χ3v) is 4.08. The molecule has 1 heterocycles. The molecule has 116 valence electrons. The van der Waals surface area contributed by atoms with Crippen LogP contribution in [0.15, 0.2) is 42.6 Å². The van der Waals surface area contributed by atoms with Crippen LogP contribution in [-0.4, -0.2) is 18.1 Å². The number of carbonyl (C=O) groups is 1. The number of aromatic nitrogens is 1. The number of nitrogens with zero attached hydrogens (tertiary/aromatic N) is 1. The van der Waals surface area contributed by atoms with E-state index in [-0.39, 0.29) is 5.82 Å². The number of pyridine rings is 1. The van der Waals surface area contributed by atoms with Crippen molar-refractivity contribution in [3.63, 3.8) is 0 Å². The van der Waals surface area contributed by atoms with Gasteiger partial charge in [0.1, 0.15) is 5.82 Å². The maximum absolute atomic E-state index is 13.9. The van der Waals surface area contributed by atoms with Gasteiger partial charge in [0, 0.05) is 22.5 Å². The van der Waals surface area contributed by atoms with Gasteiger partial charge in [0.05, 0.1) is 23.4 Å². The van der Waals surface area contributed by atoms with Crippen LogP contribution in [0.4, 0.5) is 4.39 Å². The number of halogens is 2. The molecule has 5 heteroatoms. The Labute approximate surface area is 137 Å². The summed E-state index contributed by atoms with van der Waals surface area (Å²) in [5.41, 5.74) is 2.12. The largest absolute Gasteiger partial charge is 0.465 e. The van der Waals surface area contributed by atoms with E-state index in [1.807, 2.05) is 0 Å². The first-order valence-corrected chi connectivity index (χ1v) is 7.32. The molecule has 0 fully saturated rings. The number of fused-ring (bicyclic) bond motifs is 1. The first-order valence-electron chi connectivity index (χ1n) is 6.95. The average Bonchev–Trinajstić information content (AvgIpc) is 2.57. The standard InChI is InChI=1S/C18H13ClFNO2/c1-10-12(4-3-5-16(10)20)17-14-8-11(18(22)23-2)6-7-13(14)15(19)9-21-17/h3-9H,1-2H3. The molecule has 0 radical (unpaired) electrons. The summed E-state index contributed by atoms with van der Waals surface area (Å²) < 4.78 is 18.6. The molecular weight excluding hydrogens is 317 g/mol. The lowest BCUT2D eigenvalue weighted by Crippen LogP contribution is -2.01. The zero-order valence-corrected chi connectivity index (χ0v) is 13.3. The average molecular weight is 330 g/mol. The minimum Gasteiger partial charge on any atom is -0.465 e. The Hall–Kier alpha value is -2.46. The van der Waals surface area contributed by atoms with Crippen LogP contribution < -0.4 is 0 Å². The van der Waals surface area contributed by atoms with Crippen LogP contribution in [0.3, 0.4) is 0 Å². The molecule has 2 aromatic carbocycles. The number of benzene rings is 2. The van der Waals surface area contributed by atoms with Crippen LogP contribution in [0.2, 0.25) is 5.02 Å². The summed E-state index contributed by atoms with van der Waals surface area (Å²) in [6.45, 7) is 1.69. The number of esters is 1. The molecule has 0 aliphatic heterocycles. The van der Waals surface area contributed by atoms with Gasteiger partial charge in [-0.25, -0.2) is 9.18 Å². The van der Waals surface area contributed by atoms with Crippen LogP contribution in [0.25, 0.3) is 22.0 Å². The highest BCUT2D eigenvalue weighted by atomic mass is 35.5. The number of carbonyl (C=O) groups excluding carboxylic acids is 1. The summed E-state index contributed by atoms with van der Waals surface area (Å²) in [7, 11) is 1.32. The lowest BCUT2D eigenvalue weighted by molar-refractivity contribution is 0.0601. The highest BCUT2D eigenvalue weighted by Gasteiger charge is 2.15. The van der Waals surface area contributed by atoms with Crippen molar-refractivity contribution in [3.8, 4) is 11.3 Å². The molecule has 3 aromatic rings. The predicted molar refractivity (Wildman–Crippen MR) is 88.2 cm³/mol. The molecule has 0 aliphatic carbocycles. The van der Waals surface area contributed by atoms with Gasteiger partial charge >= 0.3 is 5.97 Å². The minimum absolute atomic E-state index is 0.309. The van der Waals surface area contributed by atoms with E-state index >= 15 is 0 Å². The Balaban J connectivity index is 2.34. The molecule has 0 N–H and O–H groups in total. The Bertz CT molecular complexity index is 924. The van der Waals surface area contributed by atoms with Gasteiger partial charge in [-0.2, -0.15) is 0 Å². The Morgan fingerprint density at radius 3 is 2.74 bits per heavy atom. The van der Waals surface area contributed by atoms with Gasteiger partial charge in [0.25, 0.3) is 0 Å². The summed E-state index contributed by atoms with van der Waals surface area (Å²) in [5.74, 6) is -0.759. The Kier molecular flexibility index (Phi) is 4.01. The third kappa shape index (κ3) is 2.66. The quantitative estimate of drug-likeness (QED) is 0.634. The van der Waals surface area contributed by atoms with Gasteiger partial charge in [-0.3, -0.25) is 4.98 Å². The summed E-state index contributed by atoms with van der Waals surface area (Å²) in [6, 6.07) is 9.87. The van der Waals surface area contributed by atoms with Crippen LogP contribution in [0.5, 0.6) is 0 Å². The van der Waals surface area contributed by atoms with Crippen molar-refractivity contribution in [1.29, 1.82) is 0 Å². The highest BCUT2D eigenvalue weighted by Crippen LogP contribution is 2.33. The molecule has 0 spiro atoms. The first kappa shape index (κ1) is 15.4. The summed E-state index contributed by atoms with van der Waals surface area (Å²) in [4.78, 5) is 16.1. The first-order chi connectivity index (χ1) is 11.0. The third-order valence-electron chi connectivity index (χ3n) is 3.78. The highest BCUT2D eigenvalue weighted by molar-refractivity contribution is 6.35. The van der Waals surface area contributed by atoms with E-state index in [1.165, 1.54) is 19.4 Å². The van der Waals surface area contributed by atoms with E-state index in [1.54, 1.807) is 37.3 Å². The number of rotatable bonds is 2. The van der Waals surface area contributed by atoms with Crippen molar-refractivity contribution in [2.24, 2.45) is 0 Å². The molecule has 23 heavy (non-hydrogen) atoms. The van der Waals surface area contributed by atoms with Crippen LogP contribution in [-0.2, 0) is 4.74 Å². The second-order valence-electron chi connectivity index (χ2n) is 5.12. The van der Waals surface area contributed by atoms with Crippen molar-refractivity contribution >= 4 is 28.3 Å². The number of methoxy groups -OCH3 is 1. The topological polar surface area (TPSA) is 39.2 Å². The number of ether oxygens (including phenoxy) is 1. The lowest BCUT2D eigenvalue weighted by Gasteiger charge is -2.11. The van der Waals surface area contributed by atoms with Crippen molar-refractivity contribution in [1.82, 2.24) is 4.98 Å². The van der Waals surface area contributed by atoms with Crippen molar-refractivity contribution < 1.29 is 13.9 Å². The zero-order valence-electron chi connectivity index (χ0n) is 12.6. The van der Waals surface area contributed by atoms with E-state index in [2.05, 4.69) is 4.98 Å². The lowest BCUT2D eigenvalue weighted by atomic mass is 9.98. The Morgan fingerprint density at radius 2 is 2.00 bits per heavy atom. The molecule has 0 saturated carbocycles. The van der Waals surface area contributed by atoms with Gasteiger partial charge in [-0.05, 0) is 30.7 Å². The molecular formula is C18H13ClFNO2. The fourth-order valence-corrected chi connectivity index (χ4v) is 2.75. The van der Waals surface area contributed by atoms with Crippen molar-refractivity contribution in [2.75, 3.05) is 7.11 Å². The molecule has 0 saturated heterocycles. The van der Waals surface area contributed by atoms with Crippen LogP contribution in [0, 0.1) is 12.7 Å². The number of hydrogen-bond donors (Lipinski definition) is 0. The Morgan fingerprint density at radius 1 is 1.22 bits per heavy atom. The maximum Gasteiger partial charge on any atom is 0.337 e. The predicted octanol–water partition coefficient (Wildman–Crippen LogP) is 4.79. The van der Waals surface area contributed by atoms with E-state index in [9.17, 15) is 9.18 Å². The molecule has 3 rings (SSSR count). The SMILES string of the molecule is COC(=O)c1ccc2c(Cl)cnc(-c3cccc(F)c3C)c2c1. The fourth-order valence-electron chi connectivity index (χ4n) is 2.53. The second kappa shape index (κ2) is 5.97. The van der Waals surface area contributed by atoms with Crippen molar-refractivity contribution in [3.05, 3.63) is 64.6 Å². The molecule has 0 bridgehead atoms. The van der Waals surface area contributed by atoms with Gasteiger partial charge in [-0.1, -0.05) is 29.8 Å². The molecule has 0 aliphatic rings. The van der Waals surface area contributed by atoms with Gasteiger partial charge < -0.3 is 4.74 Å². The van der Waals surface area contributed by atoms with E-state index in [0.717, 1.165) is 5.39 Å². The fraction of sp³-hybridized carbons (Fsp3) is 0.111. The van der Waals surface area contributed by atoms with E-state index in [0.29, 0.717) is 32.8 Å². The monoisotopic (exact) mass is 329 g/mol. The molecule has 3 nitrogen and oxygen atoms in total. The van der Waals surface area contributed by atoms with Crippen LogP contribution >= 0.6 is 11.6 Å². The van der Waals surface area contributed by atoms with E-state index in [4.69, 9.17) is 16.3 Å². The second-order valence-corrected chi connectivity index (χ2v) is 5.53. The maximum atomic E-state index is 13.9. The minimum atomic E-state index is -0.450. The van der Waals surface area contributed by atoms with Gasteiger partial charge in [-0.15, -0.1) is 0 Å². The zero-order chi connectivity index (χ0) is 16.6. The summed E-state index contributed by atoms with van der Waals surface area (Å²) >= 11 is 6.20. The molecule has 1 aromatic heterocycles. The normalized spacial score (nSPS) is 10.8. The summed E-state index contributed by atoms with van der Waals surface area (Å²) in [6.07, 6.45) is 1.53. The van der Waals surface area contributed by atoms with E-state index < -0.39 is 5.97 Å². The number of hydrogen-bond acceptors (Lipinski definition) is 3. The molecule has 0 unspecified atom stereocenters. The van der Waals surface area contributed by atoms with Gasteiger partial charge in [0.2, 0.25) is 0 Å². The molecule has 0 amide bonds.